The summed E-state index contributed by atoms with van der Waals surface area (Å²) in [6.45, 7) is 5.31. The van der Waals surface area contributed by atoms with Crippen molar-refractivity contribution in [1.82, 2.24) is 5.32 Å². The number of hydrogen-bond acceptors (Lipinski definition) is 3. The van der Waals surface area contributed by atoms with E-state index >= 15 is 0 Å². The number of rotatable bonds is 5. The zero-order valence-corrected chi connectivity index (χ0v) is 13.0. The number of allylic oxidation sites excluding steroid dienone is 1. The van der Waals surface area contributed by atoms with Crippen molar-refractivity contribution in [2.45, 2.75) is 52.1 Å². The number of nitrogens with one attached hydrogen (secondary N) is 1. The summed E-state index contributed by atoms with van der Waals surface area (Å²) in [5, 5.41) is 3.61. The summed E-state index contributed by atoms with van der Waals surface area (Å²) in [4.78, 5) is 11.4. The van der Waals surface area contributed by atoms with Gasteiger partial charge in [-0.15, -0.1) is 0 Å². The lowest BCUT2D eigenvalue weighted by molar-refractivity contribution is -0.137. The molecule has 1 aliphatic rings. The second kappa shape index (κ2) is 7.99. The van der Waals surface area contributed by atoms with Crippen molar-refractivity contribution in [2.75, 3.05) is 6.61 Å². The molecule has 0 aliphatic heterocycles. The molecule has 2 rings (SSSR count). The zero-order chi connectivity index (χ0) is 15.1. The first-order valence-corrected chi connectivity index (χ1v) is 7.82. The summed E-state index contributed by atoms with van der Waals surface area (Å²) in [6, 6.07) is 9.20. The van der Waals surface area contributed by atoms with Gasteiger partial charge in [0.2, 0.25) is 0 Å². The van der Waals surface area contributed by atoms with Gasteiger partial charge in [0, 0.05) is 18.7 Å². The van der Waals surface area contributed by atoms with Gasteiger partial charge in [-0.25, -0.2) is 4.79 Å². The molecule has 0 bridgehead atoms. The Bertz CT molecular complexity index is 480. The normalized spacial score (nSPS) is 18.4. The van der Waals surface area contributed by atoms with Crippen LogP contribution in [0, 0.1) is 6.92 Å². The Morgan fingerprint density at radius 1 is 1.29 bits per heavy atom. The molecule has 1 aromatic carbocycles. The second-order valence-electron chi connectivity index (χ2n) is 5.70. The molecule has 21 heavy (non-hydrogen) atoms. The summed E-state index contributed by atoms with van der Waals surface area (Å²) in [5.74, 6) is -0.196. The van der Waals surface area contributed by atoms with Crippen LogP contribution in [0.15, 0.2) is 35.9 Å². The predicted octanol–water partition coefficient (Wildman–Crippen LogP) is 3.52. The molecule has 0 aromatic heterocycles. The smallest absolute Gasteiger partial charge is 0.330 e. The number of carbonyl (C=O) groups excluding carboxylic acids is 1. The molecule has 0 unspecified atom stereocenters. The molecule has 0 atom stereocenters. The number of carbonyl (C=O) groups is 1. The summed E-state index contributed by atoms with van der Waals surface area (Å²) < 4.78 is 4.96. The number of esters is 1. The summed E-state index contributed by atoms with van der Waals surface area (Å²) >= 11 is 0. The van der Waals surface area contributed by atoms with Gasteiger partial charge in [0.25, 0.3) is 0 Å². The van der Waals surface area contributed by atoms with E-state index in [2.05, 4.69) is 36.5 Å². The molecule has 0 saturated heterocycles. The van der Waals surface area contributed by atoms with Crippen LogP contribution in [0.2, 0.25) is 0 Å². The fourth-order valence-corrected chi connectivity index (χ4v) is 2.66. The van der Waals surface area contributed by atoms with E-state index in [1.54, 1.807) is 6.08 Å². The van der Waals surface area contributed by atoms with Crippen LogP contribution in [0.4, 0.5) is 0 Å². The number of hydrogen-bond donors (Lipinski definition) is 1. The van der Waals surface area contributed by atoms with Crippen molar-refractivity contribution in [3.8, 4) is 0 Å². The monoisotopic (exact) mass is 287 g/mol. The van der Waals surface area contributed by atoms with Crippen molar-refractivity contribution >= 4 is 5.97 Å². The summed E-state index contributed by atoms with van der Waals surface area (Å²) in [5.41, 5.74) is 3.85. The van der Waals surface area contributed by atoms with Crippen LogP contribution in [-0.4, -0.2) is 18.6 Å². The van der Waals surface area contributed by atoms with Gasteiger partial charge in [-0.05, 0) is 45.1 Å². The van der Waals surface area contributed by atoms with Crippen molar-refractivity contribution in [1.29, 1.82) is 0 Å². The van der Waals surface area contributed by atoms with Crippen LogP contribution in [0.3, 0.4) is 0 Å². The van der Waals surface area contributed by atoms with E-state index in [9.17, 15) is 4.79 Å². The Balaban J connectivity index is 1.74. The fraction of sp³-hybridized carbons (Fsp3) is 0.500. The molecule has 1 fully saturated rings. The molecular formula is C18H25NO2. The maximum atomic E-state index is 11.4. The molecule has 1 aromatic rings. The number of ether oxygens (including phenoxy) is 1. The molecule has 1 N–H and O–H groups in total. The SMILES string of the molecule is CCOC(=O)C=C1CCC(NCc2ccc(C)cc2)CC1. The van der Waals surface area contributed by atoms with E-state index in [1.807, 2.05) is 6.92 Å². The van der Waals surface area contributed by atoms with Crippen molar-refractivity contribution in [3.05, 3.63) is 47.0 Å². The molecule has 0 amide bonds. The van der Waals surface area contributed by atoms with Crippen molar-refractivity contribution in [3.63, 3.8) is 0 Å². The quantitative estimate of drug-likeness (QED) is 0.665. The van der Waals surface area contributed by atoms with Crippen LogP contribution in [0.25, 0.3) is 0 Å². The molecule has 0 radical (unpaired) electrons. The minimum Gasteiger partial charge on any atom is -0.463 e. The van der Waals surface area contributed by atoms with Crippen molar-refractivity contribution < 1.29 is 9.53 Å². The lowest BCUT2D eigenvalue weighted by atomic mass is 9.90. The predicted molar refractivity (Wildman–Crippen MR) is 85.0 cm³/mol. The molecule has 0 heterocycles. The molecular weight excluding hydrogens is 262 g/mol. The molecule has 3 nitrogen and oxygen atoms in total. The largest absolute Gasteiger partial charge is 0.463 e. The lowest BCUT2D eigenvalue weighted by Gasteiger charge is -2.25. The van der Waals surface area contributed by atoms with Gasteiger partial charge in [-0.1, -0.05) is 35.4 Å². The third-order valence-electron chi connectivity index (χ3n) is 3.95. The van der Waals surface area contributed by atoms with E-state index in [4.69, 9.17) is 4.74 Å². The average molecular weight is 287 g/mol. The van der Waals surface area contributed by atoms with Gasteiger partial charge < -0.3 is 10.1 Å². The minimum absolute atomic E-state index is 0.196. The van der Waals surface area contributed by atoms with E-state index in [1.165, 1.54) is 16.7 Å². The standard InChI is InChI=1S/C18H25NO2/c1-3-21-18(20)12-15-8-10-17(11-9-15)19-13-16-6-4-14(2)5-7-16/h4-7,12,17,19H,3,8-11,13H2,1-2H3. The molecule has 1 aliphatic carbocycles. The second-order valence-corrected chi connectivity index (χ2v) is 5.70. The average Bonchev–Trinajstić information content (AvgIpc) is 2.48. The molecule has 0 spiro atoms. The van der Waals surface area contributed by atoms with Crippen LogP contribution in [0.1, 0.15) is 43.7 Å². The Morgan fingerprint density at radius 3 is 2.57 bits per heavy atom. The molecule has 3 heteroatoms. The van der Waals surface area contributed by atoms with Gasteiger partial charge in [0.15, 0.2) is 0 Å². The van der Waals surface area contributed by atoms with Gasteiger partial charge in [-0.2, -0.15) is 0 Å². The summed E-state index contributed by atoms with van der Waals surface area (Å²) in [6.07, 6.45) is 5.85. The van der Waals surface area contributed by atoms with E-state index in [0.717, 1.165) is 32.2 Å². The van der Waals surface area contributed by atoms with Crippen LogP contribution in [0.5, 0.6) is 0 Å². The van der Waals surface area contributed by atoms with Crippen LogP contribution in [-0.2, 0) is 16.1 Å². The molecule has 114 valence electrons. The Kier molecular flexibility index (Phi) is 6.00. The lowest BCUT2D eigenvalue weighted by Crippen LogP contribution is -2.31. The highest BCUT2D eigenvalue weighted by Gasteiger charge is 2.16. The van der Waals surface area contributed by atoms with E-state index in [0.29, 0.717) is 12.6 Å². The van der Waals surface area contributed by atoms with Gasteiger partial charge in [0.05, 0.1) is 6.61 Å². The highest BCUT2D eigenvalue weighted by Crippen LogP contribution is 2.23. The number of benzene rings is 1. The third kappa shape index (κ3) is 5.35. The topological polar surface area (TPSA) is 38.3 Å². The molecule has 1 saturated carbocycles. The Hall–Kier alpha value is -1.61. The van der Waals surface area contributed by atoms with Gasteiger partial charge >= 0.3 is 5.97 Å². The maximum Gasteiger partial charge on any atom is 0.330 e. The van der Waals surface area contributed by atoms with Crippen LogP contribution < -0.4 is 5.32 Å². The highest BCUT2D eigenvalue weighted by molar-refractivity contribution is 5.82. The van der Waals surface area contributed by atoms with Gasteiger partial charge in [-0.3, -0.25) is 0 Å². The Morgan fingerprint density at radius 2 is 1.95 bits per heavy atom. The fourth-order valence-electron chi connectivity index (χ4n) is 2.66. The maximum absolute atomic E-state index is 11.4. The van der Waals surface area contributed by atoms with Crippen LogP contribution >= 0.6 is 0 Å². The number of aryl methyl sites for hydroxylation is 1. The first-order chi connectivity index (χ1) is 10.2. The van der Waals surface area contributed by atoms with Crippen molar-refractivity contribution in [2.24, 2.45) is 0 Å². The summed E-state index contributed by atoms with van der Waals surface area (Å²) in [7, 11) is 0. The van der Waals surface area contributed by atoms with E-state index in [-0.39, 0.29) is 5.97 Å². The van der Waals surface area contributed by atoms with E-state index < -0.39 is 0 Å². The highest BCUT2D eigenvalue weighted by atomic mass is 16.5. The first-order valence-electron chi connectivity index (χ1n) is 7.82. The first kappa shape index (κ1) is 15.8. The third-order valence-corrected chi connectivity index (χ3v) is 3.95. The Labute approximate surface area is 127 Å². The zero-order valence-electron chi connectivity index (χ0n) is 13.0. The minimum atomic E-state index is -0.196. The van der Waals surface area contributed by atoms with Gasteiger partial charge in [0.1, 0.15) is 0 Å².